The van der Waals surface area contributed by atoms with Crippen LogP contribution in [-0.2, 0) is 4.74 Å². The molecule has 2 fully saturated rings. The lowest BCUT2D eigenvalue weighted by Gasteiger charge is -2.21. The van der Waals surface area contributed by atoms with Crippen molar-refractivity contribution in [3.8, 4) is 34.5 Å². The Bertz CT molecular complexity index is 800. The van der Waals surface area contributed by atoms with E-state index in [1.807, 2.05) is 24.3 Å². The summed E-state index contributed by atoms with van der Waals surface area (Å²) < 4.78 is 27.5. The van der Waals surface area contributed by atoms with E-state index >= 15 is 0 Å². The number of phenols is 2. The first-order valence-corrected chi connectivity index (χ1v) is 10.0. The fourth-order valence-electron chi connectivity index (χ4n) is 5.02. The van der Waals surface area contributed by atoms with Crippen LogP contribution >= 0.6 is 0 Å². The van der Waals surface area contributed by atoms with Gasteiger partial charge in [0.15, 0.2) is 23.0 Å². The van der Waals surface area contributed by atoms with Gasteiger partial charge in [0.1, 0.15) is 0 Å². The predicted octanol–water partition coefficient (Wildman–Crippen LogP) is 4.01. The second-order valence-electron chi connectivity index (χ2n) is 7.81. The van der Waals surface area contributed by atoms with Crippen LogP contribution in [0.1, 0.15) is 36.0 Å². The first kappa shape index (κ1) is 20.5. The number of phenolic OH excluding ortho intramolecular Hbond substituents is 2. The molecule has 0 amide bonds. The molecule has 1 heterocycles. The van der Waals surface area contributed by atoms with Crippen LogP contribution < -0.4 is 18.9 Å². The highest BCUT2D eigenvalue weighted by Crippen LogP contribution is 2.56. The Hall–Kier alpha value is -2.80. The third-order valence-corrected chi connectivity index (χ3v) is 6.50. The van der Waals surface area contributed by atoms with Gasteiger partial charge < -0.3 is 33.9 Å². The maximum atomic E-state index is 10.2. The van der Waals surface area contributed by atoms with Crippen molar-refractivity contribution in [2.24, 2.45) is 11.8 Å². The van der Waals surface area contributed by atoms with Crippen LogP contribution in [0.2, 0.25) is 0 Å². The number of rotatable bonds is 6. The molecule has 0 bridgehead atoms. The summed E-state index contributed by atoms with van der Waals surface area (Å²) in [5.41, 5.74) is 2.02. The Kier molecular flexibility index (Phi) is 5.56. The topological polar surface area (TPSA) is 86.6 Å². The summed E-state index contributed by atoms with van der Waals surface area (Å²) in [6, 6.07) is 7.44. The van der Waals surface area contributed by atoms with Crippen molar-refractivity contribution in [3.05, 3.63) is 35.4 Å². The van der Waals surface area contributed by atoms with Gasteiger partial charge in [0, 0.05) is 0 Å². The number of ether oxygens (including phenoxy) is 5. The number of aromatic hydroxyl groups is 2. The van der Waals surface area contributed by atoms with Crippen molar-refractivity contribution < 1.29 is 33.9 Å². The fourth-order valence-corrected chi connectivity index (χ4v) is 5.02. The lowest BCUT2D eigenvalue weighted by atomic mass is 9.83. The second kappa shape index (κ2) is 8.14. The molecular formula is C23H28O7. The molecule has 2 aromatic carbocycles. The Labute approximate surface area is 176 Å². The van der Waals surface area contributed by atoms with Gasteiger partial charge in [0.25, 0.3) is 0 Å². The Balaban J connectivity index is 1.63. The highest BCUT2D eigenvalue weighted by atomic mass is 16.5. The molecule has 0 radical (unpaired) electrons. The maximum absolute atomic E-state index is 10.2. The molecule has 1 saturated carbocycles. The molecular weight excluding hydrogens is 388 g/mol. The molecule has 4 atom stereocenters. The molecule has 7 heteroatoms. The van der Waals surface area contributed by atoms with E-state index in [0.29, 0.717) is 41.4 Å². The largest absolute Gasteiger partial charge is 0.502 e. The average molecular weight is 416 g/mol. The quantitative estimate of drug-likeness (QED) is 0.736. The molecule has 4 unspecified atom stereocenters. The number of fused-ring (bicyclic) bond motifs is 1. The normalized spacial score (nSPS) is 25.1. The van der Waals surface area contributed by atoms with E-state index in [1.54, 1.807) is 0 Å². The predicted molar refractivity (Wildman–Crippen MR) is 110 cm³/mol. The summed E-state index contributed by atoms with van der Waals surface area (Å²) in [5.74, 6) is 2.53. The third kappa shape index (κ3) is 3.27. The van der Waals surface area contributed by atoms with Crippen LogP contribution in [0, 0.1) is 11.8 Å². The van der Waals surface area contributed by atoms with E-state index in [-0.39, 0.29) is 23.5 Å². The summed E-state index contributed by atoms with van der Waals surface area (Å²) in [4.78, 5) is 0. The summed E-state index contributed by atoms with van der Waals surface area (Å²) in [5, 5.41) is 20.5. The minimum atomic E-state index is -0.0932. The molecule has 2 N–H and O–H groups in total. The van der Waals surface area contributed by atoms with Crippen LogP contribution in [0.15, 0.2) is 24.3 Å². The highest BCUT2D eigenvalue weighted by Gasteiger charge is 2.47. The molecule has 1 aliphatic carbocycles. The molecule has 2 aliphatic rings. The van der Waals surface area contributed by atoms with Gasteiger partial charge >= 0.3 is 0 Å². The highest BCUT2D eigenvalue weighted by molar-refractivity contribution is 5.55. The van der Waals surface area contributed by atoms with Crippen molar-refractivity contribution in [2.75, 3.05) is 35.0 Å². The fraction of sp³-hybridized carbons (Fsp3) is 0.478. The molecule has 162 valence electrons. The first-order valence-electron chi connectivity index (χ1n) is 10.0. The van der Waals surface area contributed by atoms with E-state index in [2.05, 4.69) is 0 Å². The SMILES string of the molecule is COc1cc(C2CCC3C(c4cc(OC)c(O)c(OC)c4)OCC23)cc(OC)c1O. The summed E-state index contributed by atoms with van der Waals surface area (Å²) in [6.07, 6.45) is 1.93. The lowest BCUT2D eigenvalue weighted by Crippen LogP contribution is -2.13. The van der Waals surface area contributed by atoms with Crippen LogP contribution in [0.25, 0.3) is 0 Å². The molecule has 2 aromatic rings. The van der Waals surface area contributed by atoms with Crippen LogP contribution in [-0.4, -0.2) is 45.3 Å². The number of methoxy groups -OCH3 is 4. The second-order valence-corrected chi connectivity index (χ2v) is 7.81. The average Bonchev–Trinajstić information content (AvgIpc) is 3.36. The zero-order chi connectivity index (χ0) is 21.4. The van der Waals surface area contributed by atoms with Gasteiger partial charge in [-0.2, -0.15) is 0 Å². The van der Waals surface area contributed by atoms with Crippen LogP contribution in [0.4, 0.5) is 0 Å². The monoisotopic (exact) mass is 416 g/mol. The maximum Gasteiger partial charge on any atom is 0.200 e. The van der Waals surface area contributed by atoms with E-state index in [0.717, 1.165) is 24.0 Å². The van der Waals surface area contributed by atoms with E-state index < -0.39 is 0 Å². The first-order chi connectivity index (χ1) is 14.5. The van der Waals surface area contributed by atoms with Gasteiger partial charge in [-0.15, -0.1) is 0 Å². The van der Waals surface area contributed by atoms with Crippen LogP contribution in [0.5, 0.6) is 34.5 Å². The lowest BCUT2D eigenvalue weighted by molar-refractivity contribution is 0.0841. The number of benzene rings is 2. The Morgan fingerprint density at radius 2 is 1.17 bits per heavy atom. The van der Waals surface area contributed by atoms with E-state index in [1.165, 1.54) is 28.4 Å². The minimum Gasteiger partial charge on any atom is -0.502 e. The molecule has 30 heavy (non-hydrogen) atoms. The van der Waals surface area contributed by atoms with Crippen molar-refractivity contribution in [2.45, 2.75) is 24.9 Å². The van der Waals surface area contributed by atoms with Gasteiger partial charge in [-0.05, 0) is 66.0 Å². The zero-order valence-corrected chi connectivity index (χ0v) is 17.7. The molecule has 0 spiro atoms. The molecule has 1 aliphatic heterocycles. The molecule has 7 nitrogen and oxygen atoms in total. The van der Waals surface area contributed by atoms with Gasteiger partial charge in [-0.3, -0.25) is 0 Å². The Morgan fingerprint density at radius 3 is 1.63 bits per heavy atom. The molecule has 4 rings (SSSR count). The smallest absolute Gasteiger partial charge is 0.200 e. The van der Waals surface area contributed by atoms with Crippen molar-refractivity contribution in [1.82, 2.24) is 0 Å². The van der Waals surface area contributed by atoms with Crippen molar-refractivity contribution in [3.63, 3.8) is 0 Å². The Morgan fingerprint density at radius 1 is 0.700 bits per heavy atom. The van der Waals surface area contributed by atoms with E-state index in [9.17, 15) is 10.2 Å². The zero-order valence-electron chi connectivity index (χ0n) is 17.7. The number of hydrogen-bond donors (Lipinski definition) is 2. The van der Waals surface area contributed by atoms with Gasteiger partial charge in [-0.25, -0.2) is 0 Å². The summed E-state index contributed by atoms with van der Waals surface area (Å²) >= 11 is 0. The third-order valence-electron chi connectivity index (χ3n) is 6.50. The van der Waals surface area contributed by atoms with Crippen molar-refractivity contribution in [1.29, 1.82) is 0 Å². The van der Waals surface area contributed by atoms with Gasteiger partial charge in [-0.1, -0.05) is 0 Å². The van der Waals surface area contributed by atoms with Gasteiger partial charge in [0.05, 0.1) is 41.2 Å². The van der Waals surface area contributed by atoms with Crippen LogP contribution in [0.3, 0.4) is 0 Å². The van der Waals surface area contributed by atoms with E-state index in [4.69, 9.17) is 23.7 Å². The minimum absolute atomic E-state index is 0.00845. The molecule has 0 aromatic heterocycles. The van der Waals surface area contributed by atoms with Gasteiger partial charge in [0.2, 0.25) is 11.5 Å². The summed E-state index contributed by atoms with van der Waals surface area (Å²) in [7, 11) is 6.12. The molecule has 1 saturated heterocycles. The van der Waals surface area contributed by atoms with Crippen molar-refractivity contribution >= 4 is 0 Å². The number of hydrogen-bond acceptors (Lipinski definition) is 7. The standard InChI is InChI=1S/C23H28O7/c1-26-17-7-12(8-18(27-2)21(17)24)14-5-6-15-16(14)11-30-23(15)13-9-19(28-3)22(25)20(10-13)29-4/h7-10,14-16,23-25H,5-6,11H2,1-4H3. The summed E-state index contributed by atoms with van der Waals surface area (Å²) in [6.45, 7) is 0.636.